The summed E-state index contributed by atoms with van der Waals surface area (Å²) in [5, 5.41) is 0.773. The summed E-state index contributed by atoms with van der Waals surface area (Å²) in [7, 11) is 0. The summed E-state index contributed by atoms with van der Waals surface area (Å²) in [6.07, 6.45) is 0.949. The Labute approximate surface area is 120 Å². The second-order valence-electron chi connectivity index (χ2n) is 5.03. The number of hydrogen-bond donors (Lipinski definition) is 1. The average Bonchev–Trinajstić information content (AvgIpc) is 2.41. The predicted molar refractivity (Wildman–Crippen MR) is 82.9 cm³/mol. The van der Waals surface area contributed by atoms with E-state index in [4.69, 9.17) is 17.3 Å². The summed E-state index contributed by atoms with van der Waals surface area (Å²) >= 11 is 5.96. The number of halogens is 1. The summed E-state index contributed by atoms with van der Waals surface area (Å²) in [5.74, 6) is 0.349. The topological polar surface area (TPSA) is 26.0 Å². The number of rotatable bonds is 4. The van der Waals surface area contributed by atoms with Gasteiger partial charge in [0.1, 0.15) is 0 Å². The first-order valence-electron chi connectivity index (χ1n) is 6.64. The SMILES string of the molecule is Cc1ccc(C(CCN)c2ccc(Cl)cc2)cc1C. The molecule has 2 rings (SSSR count). The summed E-state index contributed by atoms with van der Waals surface area (Å²) in [6, 6.07) is 14.7. The van der Waals surface area contributed by atoms with Crippen molar-refractivity contribution in [2.75, 3.05) is 6.54 Å². The third-order valence-electron chi connectivity index (χ3n) is 3.66. The molecule has 0 aromatic heterocycles. The van der Waals surface area contributed by atoms with Crippen LogP contribution in [0.2, 0.25) is 5.02 Å². The van der Waals surface area contributed by atoms with Gasteiger partial charge in [0.15, 0.2) is 0 Å². The minimum absolute atomic E-state index is 0.349. The van der Waals surface area contributed by atoms with Crippen LogP contribution in [0, 0.1) is 13.8 Å². The van der Waals surface area contributed by atoms with Gasteiger partial charge in [-0.05, 0) is 61.2 Å². The second-order valence-corrected chi connectivity index (χ2v) is 5.46. The van der Waals surface area contributed by atoms with E-state index in [1.165, 1.54) is 22.3 Å². The van der Waals surface area contributed by atoms with Crippen molar-refractivity contribution in [2.24, 2.45) is 5.73 Å². The van der Waals surface area contributed by atoms with E-state index < -0.39 is 0 Å². The van der Waals surface area contributed by atoms with Gasteiger partial charge in [-0.25, -0.2) is 0 Å². The highest BCUT2D eigenvalue weighted by Gasteiger charge is 2.13. The first kappa shape index (κ1) is 14.1. The molecular formula is C17H20ClN. The molecule has 2 aromatic carbocycles. The molecule has 0 aliphatic rings. The van der Waals surface area contributed by atoms with Crippen LogP contribution in [0.15, 0.2) is 42.5 Å². The van der Waals surface area contributed by atoms with Crippen LogP contribution in [0.3, 0.4) is 0 Å². The van der Waals surface area contributed by atoms with Crippen molar-refractivity contribution in [3.05, 3.63) is 69.7 Å². The summed E-state index contributed by atoms with van der Waals surface area (Å²) < 4.78 is 0. The van der Waals surface area contributed by atoms with Crippen LogP contribution in [-0.4, -0.2) is 6.54 Å². The lowest BCUT2D eigenvalue weighted by atomic mass is 9.87. The van der Waals surface area contributed by atoms with Crippen molar-refractivity contribution in [1.82, 2.24) is 0 Å². The van der Waals surface area contributed by atoms with Crippen LogP contribution in [0.4, 0.5) is 0 Å². The number of nitrogens with two attached hydrogens (primary N) is 1. The van der Waals surface area contributed by atoms with Crippen LogP contribution in [0.5, 0.6) is 0 Å². The highest BCUT2D eigenvalue weighted by molar-refractivity contribution is 6.30. The maximum atomic E-state index is 5.96. The molecule has 0 amide bonds. The van der Waals surface area contributed by atoms with Gasteiger partial charge in [0.05, 0.1) is 0 Å². The fraction of sp³-hybridized carbons (Fsp3) is 0.294. The molecule has 0 saturated heterocycles. The molecule has 0 bridgehead atoms. The van der Waals surface area contributed by atoms with Crippen molar-refractivity contribution < 1.29 is 0 Å². The van der Waals surface area contributed by atoms with Crippen molar-refractivity contribution in [3.8, 4) is 0 Å². The van der Waals surface area contributed by atoms with Gasteiger partial charge >= 0.3 is 0 Å². The van der Waals surface area contributed by atoms with Crippen molar-refractivity contribution >= 4 is 11.6 Å². The predicted octanol–water partition coefficient (Wildman–Crippen LogP) is 4.44. The highest BCUT2D eigenvalue weighted by Crippen LogP contribution is 2.29. The molecule has 1 nitrogen and oxygen atoms in total. The van der Waals surface area contributed by atoms with Gasteiger partial charge in [0.25, 0.3) is 0 Å². The zero-order valence-electron chi connectivity index (χ0n) is 11.5. The Morgan fingerprint density at radius 3 is 2.16 bits per heavy atom. The molecule has 2 N–H and O–H groups in total. The molecule has 1 unspecified atom stereocenters. The fourth-order valence-electron chi connectivity index (χ4n) is 2.37. The van der Waals surface area contributed by atoms with E-state index in [2.05, 4.69) is 44.2 Å². The van der Waals surface area contributed by atoms with E-state index in [9.17, 15) is 0 Å². The first-order valence-corrected chi connectivity index (χ1v) is 7.02. The minimum atomic E-state index is 0.349. The van der Waals surface area contributed by atoms with Gasteiger partial charge in [-0.2, -0.15) is 0 Å². The van der Waals surface area contributed by atoms with Crippen LogP contribution in [-0.2, 0) is 0 Å². The van der Waals surface area contributed by atoms with Crippen LogP contribution >= 0.6 is 11.6 Å². The van der Waals surface area contributed by atoms with Crippen molar-refractivity contribution in [3.63, 3.8) is 0 Å². The summed E-state index contributed by atoms with van der Waals surface area (Å²) in [4.78, 5) is 0. The quantitative estimate of drug-likeness (QED) is 0.876. The van der Waals surface area contributed by atoms with Gasteiger partial charge in [0, 0.05) is 10.9 Å². The van der Waals surface area contributed by atoms with E-state index in [1.807, 2.05) is 12.1 Å². The fourth-order valence-corrected chi connectivity index (χ4v) is 2.49. The molecule has 0 radical (unpaired) electrons. The normalized spacial score (nSPS) is 12.4. The number of benzene rings is 2. The standard InChI is InChI=1S/C17H20ClN/c1-12-3-4-15(11-13(12)2)17(9-10-19)14-5-7-16(18)8-6-14/h3-8,11,17H,9-10,19H2,1-2H3. The molecule has 0 aliphatic carbocycles. The molecule has 2 aromatic rings. The third-order valence-corrected chi connectivity index (χ3v) is 3.91. The van der Waals surface area contributed by atoms with E-state index in [1.54, 1.807) is 0 Å². The van der Waals surface area contributed by atoms with E-state index in [0.717, 1.165) is 11.4 Å². The van der Waals surface area contributed by atoms with Gasteiger partial charge in [0.2, 0.25) is 0 Å². The Balaban J connectivity index is 2.38. The molecular weight excluding hydrogens is 254 g/mol. The molecule has 2 heteroatoms. The van der Waals surface area contributed by atoms with Gasteiger partial charge in [-0.1, -0.05) is 41.9 Å². The Morgan fingerprint density at radius 2 is 1.58 bits per heavy atom. The molecule has 0 fully saturated rings. The Bertz CT molecular complexity index is 546. The van der Waals surface area contributed by atoms with Gasteiger partial charge < -0.3 is 5.73 Å². The third kappa shape index (κ3) is 3.37. The Kier molecular flexibility index (Phi) is 4.62. The maximum absolute atomic E-state index is 5.96. The second kappa shape index (κ2) is 6.23. The molecule has 19 heavy (non-hydrogen) atoms. The number of aryl methyl sites for hydroxylation is 2. The maximum Gasteiger partial charge on any atom is 0.0406 e. The first-order chi connectivity index (χ1) is 9.11. The van der Waals surface area contributed by atoms with E-state index >= 15 is 0 Å². The van der Waals surface area contributed by atoms with Gasteiger partial charge in [-0.15, -0.1) is 0 Å². The molecule has 0 saturated carbocycles. The zero-order valence-corrected chi connectivity index (χ0v) is 12.2. The molecule has 0 aliphatic heterocycles. The Morgan fingerprint density at radius 1 is 0.947 bits per heavy atom. The average molecular weight is 274 g/mol. The lowest BCUT2D eigenvalue weighted by Gasteiger charge is -2.18. The van der Waals surface area contributed by atoms with Crippen LogP contribution in [0.25, 0.3) is 0 Å². The van der Waals surface area contributed by atoms with Crippen molar-refractivity contribution in [1.29, 1.82) is 0 Å². The zero-order chi connectivity index (χ0) is 13.8. The summed E-state index contributed by atoms with van der Waals surface area (Å²) in [5.41, 5.74) is 11.0. The number of hydrogen-bond acceptors (Lipinski definition) is 1. The minimum Gasteiger partial charge on any atom is -0.330 e. The van der Waals surface area contributed by atoms with Crippen LogP contribution in [0.1, 0.15) is 34.6 Å². The molecule has 1 atom stereocenters. The molecule has 0 spiro atoms. The summed E-state index contributed by atoms with van der Waals surface area (Å²) in [6.45, 7) is 4.97. The van der Waals surface area contributed by atoms with Gasteiger partial charge in [-0.3, -0.25) is 0 Å². The van der Waals surface area contributed by atoms with E-state index in [0.29, 0.717) is 12.5 Å². The van der Waals surface area contributed by atoms with Crippen LogP contribution < -0.4 is 5.73 Å². The molecule has 0 heterocycles. The van der Waals surface area contributed by atoms with Crippen molar-refractivity contribution in [2.45, 2.75) is 26.2 Å². The largest absolute Gasteiger partial charge is 0.330 e. The van der Waals surface area contributed by atoms with E-state index in [-0.39, 0.29) is 0 Å². The monoisotopic (exact) mass is 273 g/mol. The highest BCUT2D eigenvalue weighted by atomic mass is 35.5. The lowest BCUT2D eigenvalue weighted by molar-refractivity contribution is 0.725. The lowest BCUT2D eigenvalue weighted by Crippen LogP contribution is -2.09. The molecule has 100 valence electrons. The Hall–Kier alpha value is -1.31. The smallest absolute Gasteiger partial charge is 0.0406 e.